The van der Waals surface area contributed by atoms with Crippen molar-refractivity contribution >= 4 is 5.91 Å². The first-order valence-electron chi connectivity index (χ1n) is 9.08. The number of amides is 1. The average molecular weight is 354 g/mol. The van der Waals surface area contributed by atoms with Crippen LogP contribution in [0, 0.1) is 5.92 Å². The molecule has 3 rings (SSSR count). The minimum absolute atomic E-state index is 0.0336. The minimum Gasteiger partial charge on any atom is -0.486 e. The molecule has 1 heterocycles. The summed E-state index contributed by atoms with van der Waals surface area (Å²) < 4.78 is 11.7. The maximum Gasteiger partial charge on any atom is 0.227 e. The summed E-state index contributed by atoms with van der Waals surface area (Å²) in [6, 6.07) is 17.0. The maximum absolute atomic E-state index is 13.0. The number of nitrogens with zero attached hydrogens (tertiary/aromatic N) is 1. The zero-order chi connectivity index (χ0) is 18.5. The third-order valence-electron chi connectivity index (χ3n) is 4.80. The molecular weight excluding hydrogens is 328 g/mol. The quantitative estimate of drug-likeness (QED) is 0.866. The van der Waals surface area contributed by atoms with Crippen molar-refractivity contribution in [2.45, 2.75) is 26.0 Å². The topological polar surface area (TPSA) is 64.8 Å². The molecule has 0 spiro atoms. The Labute approximate surface area is 154 Å². The van der Waals surface area contributed by atoms with Crippen LogP contribution in [0.1, 0.15) is 25.5 Å². The summed E-state index contributed by atoms with van der Waals surface area (Å²) >= 11 is 0. The number of likely N-dealkylation sites (N-methyl/N-ethyl adjacent to an activating group) is 1. The highest BCUT2D eigenvalue weighted by Gasteiger charge is 2.29. The summed E-state index contributed by atoms with van der Waals surface area (Å²) in [5.41, 5.74) is 7.29. The van der Waals surface area contributed by atoms with Crippen molar-refractivity contribution in [3.05, 3.63) is 60.2 Å². The second kappa shape index (κ2) is 8.23. The number of hydrogen-bond donors (Lipinski definition) is 1. The highest BCUT2D eigenvalue weighted by atomic mass is 16.6. The minimum atomic E-state index is -0.331. The van der Waals surface area contributed by atoms with Gasteiger partial charge in [-0.2, -0.15) is 0 Å². The number of fused-ring (bicyclic) bond motifs is 1. The van der Waals surface area contributed by atoms with Crippen LogP contribution < -0.4 is 15.2 Å². The zero-order valence-corrected chi connectivity index (χ0v) is 15.3. The monoisotopic (exact) mass is 354 g/mol. The van der Waals surface area contributed by atoms with E-state index in [9.17, 15) is 4.79 Å². The second-order valence-electron chi connectivity index (χ2n) is 6.60. The lowest BCUT2D eigenvalue weighted by Gasteiger charge is -2.33. The van der Waals surface area contributed by atoms with Gasteiger partial charge in [0.15, 0.2) is 17.6 Å². The lowest BCUT2D eigenvalue weighted by molar-refractivity contribution is -0.137. The fraction of sp³-hybridized carbons (Fsp3) is 0.381. The number of hydrogen-bond acceptors (Lipinski definition) is 4. The molecule has 1 aliphatic heterocycles. The van der Waals surface area contributed by atoms with Gasteiger partial charge in [-0.15, -0.1) is 0 Å². The Bertz CT molecular complexity index is 735. The van der Waals surface area contributed by atoms with Crippen LogP contribution in [0.2, 0.25) is 0 Å². The molecule has 138 valence electrons. The van der Waals surface area contributed by atoms with Gasteiger partial charge in [0.2, 0.25) is 5.91 Å². The van der Waals surface area contributed by atoms with Gasteiger partial charge in [0.1, 0.15) is 6.61 Å². The molecule has 1 amide bonds. The van der Waals surface area contributed by atoms with E-state index in [0.717, 1.165) is 17.1 Å². The molecule has 3 atom stereocenters. The number of carbonyl (C=O) groups excluding carboxylic acids is 1. The number of nitrogens with two attached hydrogens (primary N) is 1. The molecule has 0 saturated heterocycles. The lowest BCUT2D eigenvalue weighted by Crippen LogP contribution is -2.46. The summed E-state index contributed by atoms with van der Waals surface area (Å²) in [4.78, 5) is 14.8. The van der Waals surface area contributed by atoms with Crippen molar-refractivity contribution in [2.24, 2.45) is 11.7 Å². The molecule has 2 aromatic rings. The number of ether oxygens (including phenoxy) is 2. The highest BCUT2D eigenvalue weighted by molar-refractivity contribution is 5.79. The first-order chi connectivity index (χ1) is 12.6. The van der Waals surface area contributed by atoms with Crippen molar-refractivity contribution < 1.29 is 14.3 Å². The standard InChI is InChI=1S/C21H26N2O3/c1-3-23(13-17-14-25-18-11-7-8-12-19(18)26-17)21(24)15(2)20(22)16-9-5-4-6-10-16/h4-12,15,17,20H,3,13-14,22H2,1-2H3. The van der Waals surface area contributed by atoms with E-state index in [0.29, 0.717) is 19.7 Å². The van der Waals surface area contributed by atoms with Gasteiger partial charge in [-0.05, 0) is 24.6 Å². The van der Waals surface area contributed by atoms with E-state index < -0.39 is 0 Å². The molecule has 5 nitrogen and oxygen atoms in total. The van der Waals surface area contributed by atoms with E-state index in [2.05, 4.69) is 0 Å². The van der Waals surface area contributed by atoms with Gasteiger partial charge in [0.25, 0.3) is 0 Å². The number of benzene rings is 2. The van der Waals surface area contributed by atoms with Crippen LogP contribution in [0.15, 0.2) is 54.6 Å². The average Bonchev–Trinajstić information content (AvgIpc) is 2.71. The summed E-state index contributed by atoms with van der Waals surface area (Å²) in [6.45, 7) is 5.37. The molecule has 1 aliphatic rings. The van der Waals surface area contributed by atoms with Gasteiger partial charge in [-0.1, -0.05) is 49.4 Å². The van der Waals surface area contributed by atoms with Gasteiger partial charge >= 0.3 is 0 Å². The number of para-hydroxylation sites is 2. The van der Waals surface area contributed by atoms with Crippen LogP contribution in [0.25, 0.3) is 0 Å². The fourth-order valence-corrected chi connectivity index (χ4v) is 3.18. The van der Waals surface area contributed by atoms with E-state index >= 15 is 0 Å². The van der Waals surface area contributed by atoms with Crippen molar-refractivity contribution in [1.82, 2.24) is 4.90 Å². The zero-order valence-electron chi connectivity index (χ0n) is 15.3. The summed E-state index contributed by atoms with van der Waals surface area (Å²) in [5.74, 6) is 1.19. The molecule has 0 radical (unpaired) electrons. The van der Waals surface area contributed by atoms with E-state index in [1.807, 2.05) is 68.4 Å². The largest absolute Gasteiger partial charge is 0.486 e. The Morgan fingerprint density at radius 2 is 1.81 bits per heavy atom. The van der Waals surface area contributed by atoms with Crippen molar-refractivity contribution in [1.29, 1.82) is 0 Å². The van der Waals surface area contributed by atoms with Gasteiger partial charge in [-0.3, -0.25) is 4.79 Å². The highest BCUT2D eigenvalue weighted by Crippen LogP contribution is 2.31. The fourth-order valence-electron chi connectivity index (χ4n) is 3.18. The normalized spacial score (nSPS) is 18.0. The third kappa shape index (κ3) is 3.99. The Hall–Kier alpha value is -2.53. The predicted octanol–water partition coefficient (Wildman–Crippen LogP) is 3.01. The van der Waals surface area contributed by atoms with Gasteiger partial charge < -0.3 is 20.1 Å². The molecule has 2 N–H and O–H groups in total. The van der Waals surface area contributed by atoms with Crippen LogP contribution in [-0.4, -0.2) is 36.6 Å². The maximum atomic E-state index is 13.0. The molecule has 0 bridgehead atoms. The van der Waals surface area contributed by atoms with Crippen molar-refractivity contribution in [2.75, 3.05) is 19.7 Å². The van der Waals surface area contributed by atoms with E-state index in [1.54, 1.807) is 4.90 Å². The van der Waals surface area contributed by atoms with Crippen molar-refractivity contribution in [3.8, 4) is 11.5 Å². The van der Waals surface area contributed by atoms with Crippen LogP contribution in [0.5, 0.6) is 11.5 Å². The molecule has 5 heteroatoms. The molecule has 2 aromatic carbocycles. The summed E-state index contributed by atoms with van der Waals surface area (Å²) in [7, 11) is 0. The van der Waals surface area contributed by atoms with E-state index in [-0.39, 0.29) is 24.0 Å². The van der Waals surface area contributed by atoms with Crippen LogP contribution in [0.3, 0.4) is 0 Å². The molecule has 0 aliphatic carbocycles. The lowest BCUT2D eigenvalue weighted by atomic mass is 9.94. The van der Waals surface area contributed by atoms with Crippen LogP contribution in [0.4, 0.5) is 0 Å². The Morgan fingerprint density at radius 1 is 1.15 bits per heavy atom. The molecule has 0 saturated carbocycles. The Kier molecular flexibility index (Phi) is 5.78. The second-order valence-corrected chi connectivity index (χ2v) is 6.60. The number of rotatable bonds is 6. The first-order valence-corrected chi connectivity index (χ1v) is 9.08. The predicted molar refractivity (Wildman–Crippen MR) is 101 cm³/mol. The molecule has 26 heavy (non-hydrogen) atoms. The van der Waals surface area contributed by atoms with Crippen molar-refractivity contribution in [3.63, 3.8) is 0 Å². The van der Waals surface area contributed by atoms with Gasteiger partial charge in [0, 0.05) is 12.6 Å². The van der Waals surface area contributed by atoms with E-state index in [4.69, 9.17) is 15.2 Å². The third-order valence-corrected chi connectivity index (χ3v) is 4.80. The molecule has 0 fully saturated rings. The molecule has 0 aromatic heterocycles. The van der Waals surface area contributed by atoms with Gasteiger partial charge in [0.05, 0.1) is 12.5 Å². The summed E-state index contributed by atoms with van der Waals surface area (Å²) in [5, 5.41) is 0. The van der Waals surface area contributed by atoms with Crippen LogP contribution >= 0.6 is 0 Å². The van der Waals surface area contributed by atoms with Crippen LogP contribution in [-0.2, 0) is 4.79 Å². The van der Waals surface area contributed by atoms with Gasteiger partial charge in [-0.25, -0.2) is 0 Å². The molecule has 3 unspecified atom stereocenters. The summed E-state index contributed by atoms with van der Waals surface area (Å²) in [6.07, 6.45) is -0.186. The Morgan fingerprint density at radius 3 is 2.50 bits per heavy atom. The SMILES string of the molecule is CCN(CC1COc2ccccc2O1)C(=O)C(C)C(N)c1ccccc1. The Balaban J connectivity index is 1.64. The smallest absolute Gasteiger partial charge is 0.227 e. The number of carbonyl (C=O) groups is 1. The first kappa shape index (κ1) is 18.3. The molecular formula is C21H26N2O3. The van der Waals surface area contributed by atoms with E-state index in [1.165, 1.54) is 0 Å².